The van der Waals surface area contributed by atoms with Crippen molar-refractivity contribution in [1.29, 1.82) is 0 Å². The molecule has 2 unspecified atom stereocenters. The first-order valence-corrected chi connectivity index (χ1v) is 8.21. The molecule has 0 radical (unpaired) electrons. The summed E-state index contributed by atoms with van der Waals surface area (Å²) in [4.78, 5) is 2.64. The molecule has 0 amide bonds. The molecule has 0 bridgehead atoms. The number of nitrogens with one attached hydrogen (secondary N) is 1. The first-order chi connectivity index (χ1) is 9.58. The lowest BCUT2D eigenvalue weighted by Crippen LogP contribution is -2.51. The number of rotatable bonds is 3. The molecule has 1 saturated heterocycles. The van der Waals surface area contributed by atoms with E-state index in [4.69, 9.17) is 11.6 Å². The van der Waals surface area contributed by atoms with Crippen molar-refractivity contribution in [3.8, 4) is 0 Å². The highest BCUT2D eigenvalue weighted by Crippen LogP contribution is 2.41. The monoisotopic (exact) mass is 292 g/mol. The normalized spacial score (nSPS) is 29.9. The van der Waals surface area contributed by atoms with Crippen LogP contribution < -0.4 is 5.32 Å². The lowest BCUT2D eigenvalue weighted by atomic mass is 9.94. The van der Waals surface area contributed by atoms with E-state index in [1.807, 2.05) is 12.1 Å². The van der Waals surface area contributed by atoms with E-state index in [-0.39, 0.29) is 0 Å². The molecule has 20 heavy (non-hydrogen) atoms. The molecule has 2 fully saturated rings. The van der Waals surface area contributed by atoms with E-state index in [9.17, 15) is 0 Å². The van der Waals surface area contributed by atoms with Gasteiger partial charge in [-0.25, -0.2) is 0 Å². The van der Waals surface area contributed by atoms with E-state index < -0.39 is 0 Å². The van der Waals surface area contributed by atoms with Gasteiger partial charge in [-0.15, -0.1) is 0 Å². The minimum Gasteiger partial charge on any atom is -0.310 e. The van der Waals surface area contributed by atoms with Gasteiger partial charge >= 0.3 is 0 Å². The summed E-state index contributed by atoms with van der Waals surface area (Å²) in [7, 11) is 0. The van der Waals surface area contributed by atoms with Crippen LogP contribution in [0.5, 0.6) is 0 Å². The van der Waals surface area contributed by atoms with Gasteiger partial charge in [0, 0.05) is 29.7 Å². The Labute approximate surface area is 127 Å². The molecule has 1 saturated carbocycles. The zero-order valence-electron chi connectivity index (χ0n) is 12.5. The fourth-order valence-electron chi connectivity index (χ4n) is 3.49. The first kappa shape index (κ1) is 14.4. The number of benzene rings is 1. The molecule has 1 N–H and O–H groups in total. The zero-order valence-corrected chi connectivity index (χ0v) is 13.3. The van der Waals surface area contributed by atoms with Crippen LogP contribution in [0.1, 0.15) is 44.7 Å². The molecular formula is C17H25ClN2. The Bertz CT molecular complexity index is 455. The van der Waals surface area contributed by atoms with Crippen LogP contribution in [0.2, 0.25) is 5.02 Å². The fraction of sp³-hybridized carbons (Fsp3) is 0.647. The molecule has 1 heterocycles. The van der Waals surface area contributed by atoms with Crippen LogP contribution >= 0.6 is 11.6 Å². The lowest BCUT2D eigenvalue weighted by Gasteiger charge is -2.37. The molecule has 1 aromatic carbocycles. The third-order valence-corrected chi connectivity index (χ3v) is 5.31. The van der Waals surface area contributed by atoms with Crippen LogP contribution in [0, 0.1) is 5.92 Å². The first-order valence-electron chi connectivity index (χ1n) is 7.83. The lowest BCUT2D eigenvalue weighted by molar-refractivity contribution is 0.160. The summed E-state index contributed by atoms with van der Waals surface area (Å²) in [5.41, 5.74) is 1.67. The van der Waals surface area contributed by atoms with Crippen molar-refractivity contribution in [3.05, 3.63) is 34.9 Å². The molecule has 2 aliphatic rings. The summed E-state index contributed by atoms with van der Waals surface area (Å²) >= 11 is 6.00. The van der Waals surface area contributed by atoms with Crippen molar-refractivity contribution in [1.82, 2.24) is 10.2 Å². The van der Waals surface area contributed by atoms with Gasteiger partial charge in [0.15, 0.2) is 0 Å². The second-order valence-corrected chi connectivity index (χ2v) is 7.11. The van der Waals surface area contributed by atoms with Gasteiger partial charge in [0.05, 0.1) is 0 Å². The number of hydrogen-bond donors (Lipinski definition) is 1. The molecular weight excluding hydrogens is 268 g/mol. The quantitative estimate of drug-likeness (QED) is 0.910. The van der Waals surface area contributed by atoms with Crippen LogP contribution in [0.25, 0.3) is 0 Å². The van der Waals surface area contributed by atoms with Crippen molar-refractivity contribution in [2.24, 2.45) is 5.92 Å². The average molecular weight is 293 g/mol. The van der Waals surface area contributed by atoms with Gasteiger partial charge in [-0.3, -0.25) is 4.90 Å². The summed E-state index contributed by atoms with van der Waals surface area (Å²) in [5.74, 6) is 0.875. The Kier molecular flexibility index (Phi) is 4.07. The minimum atomic E-state index is 0.303. The number of nitrogens with zero attached hydrogens (tertiary/aromatic N) is 1. The van der Waals surface area contributed by atoms with Crippen molar-refractivity contribution < 1.29 is 0 Å². The molecule has 1 aliphatic carbocycles. The smallest absolute Gasteiger partial charge is 0.0406 e. The van der Waals surface area contributed by atoms with Crippen LogP contribution in [0.3, 0.4) is 0 Å². The number of hydrogen-bond acceptors (Lipinski definition) is 2. The highest BCUT2D eigenvalue weighted by Gasteiger charge is 2.43. The van der Waals surface area contributed by atoms with Crippen molar-refractivity contribution in [3.63, 3.8) is 0 Å². The van der Waals surface area contributed by atoms with Crippen LogP contribution in [-0.4, -0.2) is 30.1 Å². The maximum atomic E-state index is 6.00. The highest BCUT2D eigenvalue weighted by molar-refractivity contribution is 6.30. The zero-order chi connectivity index (χ0) is 14.2. The predicted molar refractivity (Wildman–Crippen MR) is 85.2 cm³/mol. The van der Waals surface area contributed by atoms with Gasteiger partial charge in [-0.1, -0.05) is 23.7 Å². The third-order valence-electron chi connectivity index (χ3n) is 5.06. The Morgan fingerprint density at radius 1 is 1.30 bits per heavy atom. The van der Waals surface area contributed by atoms with Gasteiger partial charge in [0.25, 0.3) is 0 Å². The van der Waals surface area contributed by atoms with Gasteiger partial charge in [-0.05, 0) is 63.3 Å². The molecule has 0 aromatic heterocycles. The topological polar surface area (TPSA) is 15.3 Å². The van der Waals surface area contributed by atoms with Gasteiger partial charge in [0.2, 0.25) is 0 Å². The average Bonchev–Trinajstić information content (AvgIpc) is 3.26. The summed E-state index contributed by atoms with van der Waals surface area (Å²) in [6, 6.07) is 8.80. The number of halogens is 1. The van der Waals surface area contributed by atoms with E-state index >= 15 is 0 Å². The van der Waals surface area contributed by atoms with E-state index in [0.29, 0.717) is 11.6 Å². The minimum absolute atomic E-state index is 0.303. The molecule has 3 heteroatoms. The van der Waals surface area contributed by atoms with E-state index in [1.54, 1.807) is 0 Å². The molecule has 3 rings (SSSR count). The maximum Gasteiger partial charge on any atom is 0.0406 e. The Balaban J connectivity index is 1.75. The molecule has 1 aromatic rings. The van der Waals surface area contributed by atoms with Crippen molar-refractivity contribution in [2.45, 2.75) is 44.7 Å². The summed E-state index contributed by atoms with van der Waals surface area (Å²) < 4.78 is 0. The van der Waals surface area contributed by atoms with Gasteiger partial charge < -0.3 is 5.32 Å². The Morgan fingerprint density at radius 3 is 2.65 bits per heavy atom. The van der Waals surface area contributed by atoms with Crippen molar-refractivity contribution >= 4 is 11.6 Å². The highest BCUT2D eigenvalue weighted by atomic mass is 35.5. The van der Waals surface area contributed by atoms with E-state index in [0.717, 1.165) is 24.0 Å². The predicted octanol–water partition coefficient (Wildman–Crippen LogP) is 3.87. The Hall–Kier alpha value is -0.570. The second-order valence-electron chi connectivity index (χ2n) is 6.67. The Morgan fingerprint density at radius 2 is 2.00 bits per heavy atom. The SMILES string of the molecule is CC(c1ccc(Cl)cc1)N1CCCNC(C)(C2CC2)C1. The fourth-order valence-corrected chi connectivity index (χ4v) is 3.62. The van der Waals surface area contributed by atoms with E-state index in [2.05, 4.69) is 36.2 Å². The maximum absolute atomic E-state index is 6.00. The summed E-state index contributed by atoms with van der Waals surface area (Å²) in [6.07, 6.45) is 4.03. The van der Waals surface area contributed by atoms with Crippen LogP contribution in [0.15, 0.2) is 24.3 Å². The molecule has 1 aliphatic heterocycles. The third kappa shape index (κ3) is 3.03. The van der Waals surface area contributed by atoms with Crippen molar-refractivity contribution in [2.75, 3.05) is 19.6 Å². The van der Waals surface area contributed by atoms with Crippen LogP contribution in [-0.2, 0) is 0 Å². The van der Waals surface area contributed by atoms with Gasteiger partial charge in [-0.2, -0.15) is 0 Å². The summed E-state index contributed by atoms with van der Waals surface area (Å²) in [6.45, 7) is 8.22. The van der Waals surface area contributed by atoms with Crippen LogP contribution in [0.4, 0.5) is 0 Å². The largest absolute Gasteiger partial charge is 0.310 e. The molecule has 2 nitrogen and oxygen atoms in total. The van der Waals surface area contributed by atoms with Gasteiger partial charge in [0.1, 0.15) is 0 Å². The second kappa shape index (κ2) is 5.67. The van der Waals surface area contributed by atoms with E-state index in [1.165, 1.54) is 31.4 Å². The molecule has 2 atom stereocenters. The standard InChI is InChI=1S/C17H25ClN2/c1-13(14-4-8-16(18)9-5-14)20-11-3-10-19-17(2,12-20)15-6-7-15/h4-5,8-9,13,15,19H,3,6-7,10-12H2,1-2H3. The molecule has 0 spiro atoms. The molecule has 110 valence electrons. The summed E-state index contributed by atoms with van der Waals surface area (Å²) in [5, 5.41) is 4.62.